The molecule has 0 bridgehead atoms. The number of nitrogens with zero attached hydrogens (tertiary/aromatic N) is 4. The first kappa shape index (κ1) is 17.7. The van der Waals surface area contributed by atoms with Gasteiger partial charge < -0.3 is 15.7 Å². The standard InChI is InChI=1S/C18H20F2N6O/c1-18(2,27)14-9-26-13(7-23-16(26)8-22-14)17-10(19)3-4-15(25-17)24-12-6-21-5-11(12)20/h3-4,7-9,11-12,21,27H,5-6H2,1-2H3,(H,24,25). The van der Waals surface area contributed by atoms with Crippen molar-refractivity contribution >= 4 is 11.5 Å². The number of pyridine rings is 1. The molecule has 3 aromatic heterocycles. The van der Waals surface area contributed by atoms with Crippen molar-refractivity contribution in [1.29, 1.82) is 0 Å². The molecule has 9 heteroatoms. The number of nitrogens with one attached hydrogen (secondary N) is 2. The summed E-state index contributed by atoms with van der Waals surface area (Å²) in [6.07, 6.45) is 3.58. The van der Waals surface area contributed by atoms with E-state index >= 15 is 0 Å². The number of anilines is 1. The lowest BCUT2D eigenvalue weighted by atomic mass is 10.1. The number of alkyl halides is 1. The fourth-order valence-electron chi connectivity index (χ4n) is 3.06. The van der Waals surface area contributed by atoms with Crippen LogP contribution in [0.15, 0.2) is 30.7 Å². The van der Waals surface area contributed by atoms with Crippen molar-refractivity contribution in [2.75, 3.05) is 18.4 Å². The maximum atomic E-state index is 14.5. The van der Waals surface area contributed by atoms with Crippen LogP contribution in [0.1, 0.15) is 19.5 Å². The molecular formula is C18H20F2N6O. The first-order chi connectivity index (χ1) is 12.8. The molecule has 2 atom stereocenters. The number of hydrogen-bond donors (Lipinski definition) is 3. The molecule has 0 radical (unpaired) electrons. The maximum Gasteiger partial charge on any atom is 0.155 e. The van der Waals surface area contributed by atoms with Gasteiger partial charge in [-0.15, -0.1) is 0 Å². The smallest absolute Gasteiger partial charge is 0.155 e. The van der Waals surface area contributed by atoms with Gasteiger partial charge >= 0.3 is 0 Å². The Hall–Kier alpha value is -2.65. The average Bonchev–Trinajstić information content (AvgIpc) is 3.22. The molecule has 4 rings (SSSR count). The number of aromatic nitrogens is 4. The monoisotopic (exact) mass is 374 g/mol. The highest BCUT2D eigenvalue weighted by molar-refractivity contribution is 5.62. The Balaban J connectivity index is 1.75. The third-order valence-corrected chi connectivity index (χ3v) is 4.58. The molecule has 0 aliphatic carbocycles. The summed E-state index contributed by atoms with van der Waals surface area (Å²) in [6.45, 7) is 3.99. The van der Waals surface area contributed by atoms with E-state index in [4.69, 9.17) is 0 Å². The van der Waals surface area contributed by atoms with Gasteiger partial charge in [-0.05, 0) is 26.0 Å². The molecule has 1 aliphatic rings. The lowest BCUT2D eigenvalue weighted by molar-refractivity contribution is 0.0734. The lowest BCUT2D eigenvalue weighted by Crippen LogP contribution is -2.29. The van der Waals surface area contributed by atoms with Crippen LogP contribution < -0.4 is 10.6 Å². The van der Waals surface area contributed by atoms with Crippen LogP contribution in [0.4, 0.5) is 14.6 Å². The molecule has 3 aromatic rings. The van der Waals surface area contributed by atoms with Crippen molar-refractivity contribution in [3.63, 3.8) is 0 Å². The highest BCUT2D eigenvalue weighted by Crippen LogP contribution is 2.26. The maximum absolute atomic E-state index is 14.5. The van der Waals surface area contributed by atoms with E-state index in [2.05, 4.69) is 25.6 Å². The van der Waals surface area contributed by atoms with E-state index in [-0.39, 0.29) is 12.2 Å². The molecule has 0 spiro atoms. The minimum Gasteiger partial charge on any atom is -0.384 e. The number of fused-ring (bicyclic) bond motifs is 1. The minimum atomic E-state index is -1.16. The topological polar surface area (TPSA) is 87.4 Å². The zero-order valence-electron chi connectivity index (χ0n) is 14.9. The fourth-order valence-corrected chi connectivity index (χ4v) is 3.06. The summed E-state index contributed by atoms with van der Waals surface area (Å²) in [5.74, 6) is -0.139. The van der Waals surface area contributed by atoms with Gasteiger partial charge in [0.05, 0.1) is 29.8 Å². The molecule has 27 heavy (non-hydrogen) atoms. The van der Waals surface area contributed by atoms with Crippen molar-refractivity contribution in [3.8, 4) is 11.4 Å². The number of halogens is 2. The normalized spacial score (nSPS) is 20.3. The third kappa shape index (κ3) is 3.35. The van der Waals surface area contributed by atoms with Crippen LogP contribution in [-0.2, 0) is 5.60 Å². The predicted molar refractivity (Wildman–Crippen MR) is 96.6 cm³/mol. The van der Waals surface area contributed by atoms with Gasteiger partial charge in [-0.2, -0.15) is 0 Å². The van der Waals surface area contributed by atoms with Crippen LogP contribution in [-0.4, -0.2) is 49.8 Å². The van der Waals surface area contributed by atoms with Crippen molar-refractivity contribution in [1.82, 2.24) is 24.7 Å². The second-order valence-corrected chi connectivity index (χ2v) is 7.16. The molecule has 2 unspecified atom stereocenters. The van der Waals surface area contributed by atoms with Crippen molar-refractivity contribution in [2.24, 2.45) is 0 Å². The highest BCUT2D eigenvalue weighted by Gasteiger charge is 2.27. The highest BCUT2D eigenvalue weighted by atomic mass is 19.1. The Kier molecular flexibility index (Phi) is 4.27. The van der Waals surface area contributed by atoms with Gasteiger partial charge in [-0.25, -0.2) is 18.7 Å². The molecule has 1 saturated heterocycles. The molecule has 1 fully saturated rings. The molecule has 7 nitrogen and oxygen atoms in total. The molecule has 4 heterocycles. The molecule has 3 N–H and O–H groups in total. The van der Waals surface area contributed by atoms with Crippen molar-refractivity contribution in [3.05, 3.63) is 42.2 Å². The van der Waals surface area contributed by atoms with E-state index in [0.29, 0.717) is 29.4 Å². The van der Waals surface area contributed by atoms with Gasteiger partial charge in [0.15, 0.2) is 11.5 Å². The largest absolute Gasteiger partial charge is 0.384 e. The predicted octanol–water partition coefficient (Wildman–Crippen LogP) is 1.88. The Morgan fingerprint density at radius 3 is 2.78 bits per heavy atom. The van der Waals surface area contributed by atoms with E-state index in [1.165, 1.54) is 24.5 Å². The average molecular weight is 374 g/mol. The SMILES string of the molecule is CC(C)(O)c1cn2c(-c3nc(NC4CNCC4F)ccc3F)cnc2cn1. The van der Waals surface area contributed by atoms with Crippen LogP contribution >= 0.6 is 0 Å². The van der Waals surface area contributed by atoms with Crippen LogP contribution in [0.3, 0.4) is 0 Å². The summed E-state index contributed by atoms with van der Waals surface area (Å²) in [6, 6.07) is 2.36. The molecule has 0 aromatic carbocycles. The van der Waals surface area contributed by atoms with E-state index in [1.54, 1.807) is 24.4 Å². The summed E-state index contributed by atoms with van der Waals surface area (Å²) in [5, 5.41) is 16.2. The van der Waals surface area contributed by atoms with E-state index < -0.39 is 23.6 Å². The molecular weight excluding hydrogens is 354 g/mol. The number of aliphatic hydroxyl groups is 1. The number of imidazole rings is 1. The number of hydrogen-bond acceptors (Lipinski definition) is 6. The molecule has 0 saturated carbocycles. The van der Waals surface area contributed by atoms with Crippen molar-refractivity contribution in [2.45, 2.75) is 31.7 Å². The molecule has 0 amide bonds. The summed E-state index contributed by atoms with van der Waals surface area (Å²) in [5.41, 5.74) is 0.265. The summed E-state index contributed by atoms with van der Waals surface area (Å²) >= 11 is 0. The Morgan fingerprint density at radius 2 is 2.07 bits per heavy atom. The van der Waals surface area contributed by atoms with E-state index in [1.807, 2.05) is 0 Å². The first-order valence-corrected chi connectivity index (χ1v) is 8.67. The summed E-state index contributed by atoms with van der Waals surface area (Å²) in [4.78, 5) is 12.7. The van der Waals surface area contributed by atoms with Gasteiger partial charge in [0.2, 0.25) is 0 Å². The van der Waals surface area contributed by atoms with Crippen molar-refractivity contribution < 1.29 is 13.9 Å². The second-order valence-electron chi connectivity index (χ2n) is 7.16. The van der Waals surface area contributed by atoms with Gasteiger partial charge in [-0.3, -0.25) is 9.38 Å². The lowest BCUT2D eigenvalue weighted by Gasteiger charge is -2.17. The van der Waals surface area contributed by atoms with Gasteiger partial charge in [0, 0.05) is 19.3 Å². The van der Waals surface area contributed by atoms with Gasteiger partial charge in [0.1, 0.15) is 23.3 Å². The molecule has 142 valence electrons. The van der Waals surface area contributed by atoms with Crippen LogP contribution in [0.5, 0.6) is 0 Å². The Bertz CT molecular complexity index is 984. The van der Waals surface area contributed by atoms with Gasteiger partial charge in [-0.1, -0.05) is 0 Å². The first-order valence-electron chi connectivity index (χ1n) is 8.67. The number of rotatable bonds is 4. The molecule has 1 aliphatic heterocycles. The third-order valence-electron chi connectivity index (χ3n) is 4.58. The quantitative estimate of drug-likeness (QED) is 0.646. The van der Waals surface area contributed by atoms with Crippen LogP contribution in [0.25, 0.3) is 17.0 Å². The minimum absolute atomic E-state index is 0.0850. The zero-order valence-corrected chi connectivity index (χ0v) is 14.9. The van der Waals surface area contributed by atoms with Gasteiger partial charge in [0.25, 0.3) is 0 Å². The Labute approximate surface area is 154 Å². The van der Waals surface area contributed by atoms with Crippen LogP contribution in [0, 0.1) is 5.82 Å². The summed E-state index contributed by atoms with van der Waals surface area (Å²) < 4.78 is 30.0. The van der Waals surface area contributed by atoms with E-state index in [9.17, 15) is 13.9 Å². The second kappa shape index (κ2) is 6.50. The fraction of sp³-hybridized carbons (Fsp3) is 0.389. The zero-order chi connectivity index (χ0) is 19.2. The van der Waals surface area contributed by atoms with E-state index in [0.717, 1.165) is 0 Å². The van der Waals surface area contributed by atoms with Crippen LogP contribution in [0.2, 0.25) is 0 Å². The Morgan fingerprint density at radius 1 is 1.26 bits per heavy atom. The summed E-state index contributed by atoms with van der Waals surface area (Å²) in [7, 11) is 0.